The first kappa shape index (κ1) is 22.8. The number of pyridine rings is 1. The molecule has 0 aliphatic carbocycles. The molecule has 0 N–H and O–H groups in total. The van der Waals surface area contributed by atoms with Crippen LogP contribution in [0.2, 0.25) is 0 Å². The number of nitrogens with zero attached hydrogens (tertiary/aromatic N) is 5. The molecule has 3 heterocycles. The summed E-state index contributed by atoms with van der Waals surface area (Å²) < 4.78 is 59.3. The summed E-state index contributed by atoms with van der Waals surface area (Å²) in [5, 5.41) is 8.87. The Kier molecular flexibility index (Phi) is 6.34. The van der Waals surface area contributed by atoms with Gasteiger partial charge in [-0.25, -0.2) is 8.42 Å². The summed E-state index contributed by atoms with van der Waals surface area (Å²) in [6, 6.07) is 1.72. The summed E-state index contributed by atoms with van der Waals surface area (Å²) in [6.45, 7) is 1.77. The van der Waals surface area contributed by atoms with Crippen molar-refractivity contribution in [3.05, 3.63) is 28.8 Å². The van der Waals surface area contributed by atoms with Gasteiger partial charge in [0.25, 0.3) is 20.1 Å². The van der Waals surface area contributed by atoms with E-state index in [1.54, 1.807) is 30.9 Å². The second kappa shape index (κ2) is 8.34. The largest absolute Gasteiger partial charge is 0.370 e. The van der Waals surface area contributed by atoms with E-state index in [0.29, 0.717) is 32.5 Å². The third kappa shape index (κ3) is 4.88. The minimum atomic E-state index is -3.58. The Hall–Kier alpha value is -1.87. The lowest BCUT2D eigenvalue weighted by Gasteiger charge is -2.15. The van der Waals surface area contributed by atoms with Gasteiger partial charge >= 0.3 is 0 Å². The molecule has 11 nitrogen and oxygen atoms in total. The van der Waals surface area contributed by atoms with Crippen molar-refractivity contribution in [1.82, 2.24) is 24.0 Å². The van der Waals surface area contributed by atoms with E-state index in [9.17, 15) is 16.8 Å². The van der Waals surface area contributed by atoms with E-state index in [1.165, 1.54) is 6.20 Å². The number of aromatic nitrogens is 5. The monoisotopic (exact) mass is 521 g/mol. The van der Waals surface area contributed by atoms with Crippen molar-refractivity contribution >= 4 is 47.0 Å². The zero-order valence-corrected chi connectivity index (χ0v) is 19.8. The maximum Gasteiger partial charge on any atom is 0.264 e. The predicted octanol–water partition coefficient (Wildman–Crippen LogP) is 1.46. The first-order valence-corrected chi connectivity index (χ1v) is 13.1. The molecule has 3 aromatic rings. The molecule has 0 aliphatic heterocycles. The number of fused-ring (bicyclic) bond motifs is 1. The predicted molar refractivity (Wildman–Crippen MR) is 113 cm³/mol. The highest BCUT2D eigenvalue weighted by molar-refractivity contribution is 9.10. The van der Waals surface area contributed by atoms with Crippen molar-refractivity contribution in [2.24, 2.45) is 7.05 Å². The fourth-order valence-corrected chi connectivity index (χ4v) is 4.65. The van der Waals surface area contributed by atoms with Crippen LogP contribution >= 0.6 is 15.9 Å². The summed E-state index contributed by atoms with van der Waals surface area (Å²) in [4.78, 5) is 4.39. The van der Waals surface area contributed by atoms with Gasteiger partial charge in [-0.1, -0.05) is 0 Å². The first-order valence-electron chi connectivity index (χ1n) is 8.61. The lowest BCUT2D eigenvalue weighted by atomic mass is 10.1. The van der Waals surface area contributed by atoms with E-state index in [1.807, 2.05) is 0 Å². The summed E-state index contributed by atoms with van der Waals surface area (Å²) in [7, 11) is -5.36. The van der Waals surface area contributed by atoms with Crippen molar-refractivity contribution in [2.75, 3.05) is 25.7 Å². The van der Waals surface area contributed by atoms with Crippen LogP contribution in [0.1, 0.15) is 18.7 Å². The summed E-state index contributed by atoms with van der Waals surface area (Å²) in [5.74, 6) is 0. The highest BCUT2D eigenvalue weighted by atomic mass is 79.9. The SMILES string of the molecule is C[C@@H](OCCOS(C)(=O)=O)c1c(-c2cc3c(Br)nn(S(C)(=O)=O)c3cn2)cnn1C. The Morgan fingerprint density at radius 1 is 1.17 bits per heavy atom. The van der Waals surface area contributed by atoms with E-state index in [0.717, 1.165) is 16.6 Å². The summed E-state index contributed by atoms with van der Waals surface area (Å²) in [6.07, 6.45) is 4.67. The van der Waals surface area contributed by atoms with Gasteiger partial charge in [0.15, 0.2) is 0 Å². The topological polar surface area (TPSA) is 135 Å². The molecule has 0 amide bonds. The van der Waals surface area contributed by atoms with Crippen LogP contribution in [-0.4, -0.2) is 66.5 Å². The van der Waals surface area contributed by atoms with E-state index >= 15 is 0 Å². The molecule has 164 valence electrons. The maximum absolute atomic E-state index is 11.9. The third-order valence-corrected chi connectivity index (χ3v) is 6.29. The van der Waals surface area contributed by atoms with Gasteiger partial charge in [-0.3, -0.25) is 13.8 Å². The van der Waals surface area contributed by atoms with Gasteiger partial charge in [-0.05, 0) is 28.9 Å². The minimum Gasteiger partial charge on any atom is -0.370 e. The number of hydrogen-bond donors (Lipinski definition) is 0. The van der Waals surface area contributed by atoms with E-state index in [4.69, 9.17) is 4.74 Å². The normalized spacial score (nSPS) is 13.8. The van der Waals surface area contributed by atoms with E-state index in [-0.39, 0.29) is 13.2 Å². The second-order valence-electron chi connectivity index (χ2n) is 6.59. The van der Waals surface area contributed by atoms with Crippen molar-refractivity contribution in [3.63, 3.8) is 0 Å². The zero-order valence-electron chi connectivity index (χ0n) is 16.6. The molecule has 0 aromatic carbocycles. The molecular weight excluding hydrogens is 502 g/mol. The number of ether oxygens (including phenoxy) is 1. The van der Waals surface area contributed by atoms with Gasteiger partial charge in [-0.15, -0.1) is 5.10 Å². The van der Waals surface area contributed by atoms with Crippen LogP contribution in [0, 0.1) is 0 Å². The molecule has 0 unspecified atom stereocenters. The maximum atomic E-state index is 11.9. The van der Waals surface area contributed by atoms with Crippen molar-refractivity contribution in [2.45, 2.75) is 13.0 Å². The number of hydrogen-bond acceptors (Lipinski definition) is 9. The molecule has 0 radical (unpaired) electrons. The van der Waals surface area contributed by atoms with Gasteiger partial charge in [0.05, 0.1) is 55.6 Å². The smallest absolute Gasteiger partial charge is 0.264 e. The molecule has 3 rings (SSSR count). The standard InChI is InChI=1S/C16H20BrN5O6S2/c1-10(27-5-6-28-30(4,25)26)15-12(8-19-21(15)2)13-7-11-14(9-18-13)22(20-16(11)17)29(3,23)24/h7-10H,5-6H2,1-4H3/t10-/m1/s1. The molecule has 0 saturated heterocycles. The molecule has 0 fully saturated rings. The molecule has 30 heavy (non-hydrogen) atoms. The first-order chi connectivity index (χ1) is 13.9. The van der Waals surface area contributed by atoms with Crippen LogP contribution in [0.4, 0.5) is 0 Å². The van der Waals surface area contributed by atoms with Crippen LogP contribution in [-0.2, 0) is 36.1 Å². The number of rotatable bonds is 8. The Balaban J connectivity index is 1.92. The van der Waals surface area contributed by atoms with Gasteiger partial charge in [0.2, 0.25) is 0 Å². The lowest BCUT2D eigenvalue weighted by molar-refractivity contribution is 0.0411. The zero-order chi connectivity index (χ0) is 22.3. The van der Waals surface area contributed by atoms with Crippen LogP contribution < -0.4 is 0 Å². The quantitative estimate of drug-likeness (QED) is 0.318. The molecule has 0 aliphatic rings. The minimum absolute atomic E-state index is 0.0675. The molecular formula is C16H20BrN5O6S2. The Bertz CT molecular complexity index is 1300. The molecule has 14 heteroatoms. The molecule has 1 atom stereocenters. The molecule has 0 bridgehead atoms. The van der Waals surface area contributed by atoms with Crippen LogP contribution in [0.25, 0.3) is 22.2 Å². The van der Waals surface area contributed by atoms with Crippen molar-refractivity contribution in [3.8, 4) is 11.3 Å². The van der Waals surface area contributed by atoms with Gasteiger partial charge in [0, 0.05) is 18.0 Å². The van der Waals surface area contributed by atoms with Crippen molar-refractivity contribution in [1.29, 1.82) is 0 Å². The number of aryl methyl sites for hydroxylation is 1. The highest BCUT2D eigenvalue weighted by Crippen LogP contribution is 2.32. The molecule has 0 saturated carbocycles. The Labute approximate surface area is 182 Å². The lowest BCUT2D eigenvalue weighted by Crippen LogP contribution is -2.13. The van der Waals surface area contributed by atoms with E-state index < -0.39 is 26.2 Å². The summed E-state index contributed by atoms with van der Waals surface area (Å²) in [5.41, 5.74) is 2.31. The van der Waals surface area contributed by atoms with Gasteiger partial charge < -0.3 is 4.74 Å². The summed E-state index contributed by atoms with van der Waals surface area (Å²) >= 11 is 3.29. The molecule has 0 spiro atoms. The second-order valence-corrected chi connectivity index (χ2v) is 10.8. The van der Waals surface area contributed by atoms with Crippen LogP contribution in [0.5, 0.6) is 0 Å². The van der Waals surface area contributed by atoms with Crippen LogP contribution in [0.15, 0.2) is 23.1 Å². The third-order valence-electron chi connectivity index (χ3n) is 4.20. The van der Waals surface area contributed by atoms with Crippen LogP contribution in [0.3, 0.4) is 0 Å². The van der Waals surface area contributed by atoms with Gasteiger partial charge in [-0.2, -0.15) is 17.6 Å². The number of halogens is 1. The van der Waals surface area contributed by atoms with Crippen molar-refractivity contribution < 1.29 is 25.8 Å². The fraction of sp³-hybridized carbons (Fsp3) is 0.438. The Morgan fingerprint density at radius 3 is 2.50 bits per heavy atom. The average molecular weight is 522 g/mol. The van der Waals surface area contributed by atoms with Gasteiger partial charge in [0.1, 0.15) is 10.1 Å². The highest BCUT2D eigenvalue weighted by Gasteiger charge is 2.21. The average Bonchev–Trinajstić information content (AvgIpc) is 3.18. The fourth-order valence-electron chi connectivity index (χ4n) is 2.97. The molecule has 3 aromatic heterocycles. The Morgan fingerprint density at radius 2 is 1.87 bits per heavy atom. The van der Waals surface area contributed by atoms with E-state index in [2.05, 4.69) is 35.3 Å².